The number of furan rings is 1. The van der Waals surface area contributed by atoms with E-state index in [4.69, 9.17) is 23.4 Å². The van der Waals surface area contributed by atoms with Crippen LogP contribution in [0.25, 0.3) is 0 Å². The largest absolute Gasteiger partial charge is 0.486 e. The van der Waals surface area contributed by atoms with E-state index in [0.29, 0.717) is 67.2 Å². The molecule has 2 aromatic heterocycles. The first-order valence-electron chi connectivity index (χ1n) is 11.0. The number of carbonyl (C=O) groups excluding carboxylic acids is 2. The zero-order valence-corrected chi connectivity index (χ0v) is 18.6. The molecule has 0 bridgehead atoms. The Morgan fingerprint density at radius 3 is 2.76 bits per heavy atom. The molecule has 2 aliphatic heterocycles. The first kappa shape index (κ1) is 21.8. The van der Waals surface area contributed by atoms with E-state index in [1.165, 1.54) is 6.20 Å². The van der Waals surface area contributed by atoms with E-state index in [1.807, 2.05) is 6.92 Å². The summed E-state index contributed by atoms with van der Waals surface area (Å²) in [6.45, 7) is 4.64. The lowest BCUT2D eigenvalue weighted by atomic mass is 10.2. The van der Waals surface area contributed by atoms with Gasteiger partial charge in [0.2, 0.25) is 6.79 Å². The Balaban J connectivity index is 1.24. The van der Waals surface area contributed by atoms with E-state index in [9.17, 15) is 9.59 Å². The third kappa shape index (κ3) is 4.42. The Hall–Kier alpha value is -3.99. The summed E-state index contributed by atoms with van der Waals surface area (Å²) in [4.78, 5) is 27.6. The monoisotopic (exact) mass is 468 g/mol. The molecule has 0 spiro atoms. The van der Waals surface area contributed by atoms with Crippen molar-refractivity contribution < 1.29 is 33.0 Å². The van der Waals surface area contributed by atoms with Gasteiger partial charge in [0.15, 0.2) is 17.3 Å². The second kappa shape index (κ2) is 9.48. The normalized spacial score (nSPS) is 14.8. The average molecular weight is 468 g/mol. The number of ether oxygens (including phenoxy) is 4. The van der Waals surface area contributed by atoms with Crippen molar-refractivity contribution in [1.29, 1.82) is 0 Å². The van der Waals surface area contributed by atoms with Crippen LogP contribution in [-0.4, -0.2) is 59.6 Å². The SMILES string of the molecule is CCn1ncc(NC(=O)c2ccc(COc3ccc4c(c3)OCO4)o2)c1C(=O)N1CCOCC1. The number of benzene rings is 1. The smallest absolute Gasteiger partial charge is 0.291 e. The van der Waals surface area contributed by atoms with Crippen molar-refractivity contribution in [2.45, 2.75) is 20.1 Å². The van der Waals surface area contributed by atoms with Gasteiger partial charge in [0.05, 0.1) is 25.1 Å². The first-order chi connectivity index (χ1) is 16.6. The van der Waals surface area contributed by atoms with E-state index >= 15 is 0 Å². The van der Waals surface area contributed by atoms with E-state index in [2.05, 4.69) is 10.4 Å². The Kier molecular flexibility index (Phi) is 6.09. The summed E-state index contributed by atoms with van der Waals surface area (Å²) >= 11 is 0. The molecule has 11 heteroatoms. The van der Waals surface area contributed by atoms with Crippen LogP contribution < -0.4 is 19.5 Å². The number of aryl methyl sites for hydroxylation is 1. The van der Waals surface area contributed by atoms with Gasteiger partial charge in [-0.2, -0.15) is 5.10 Å². The number of rotatable bonds is 7. The van der Waals surface area contributed by atoms with Gasteiger partial charge in [0.25, 0.3) is 11.8 Å². The Bertz CT molecular complexity index is 1200. The lowest BCUT2D eigenvalue weighted by molar-refractivity contribution is 0.0295. The van der Waals surface area contributed by atoms with Crippen molar-refractivity contribution in [1.82, 2.24) is 14.7 Å². The van der Waals surface area contributed by atoms with Crippen molar-refractivity contribution in [3.05, 3.63) is 53.7 Å². The third-order valence-corrected chi connectivity index (χ3v) is 5.50. The molecule has 11 nitrogen and oxygen atoms in total. The molecule has 0 saturated carbocycles. The van der Waals surface area contributed by atoms with Crippen LogP contribution in [-0.2, 0) is 17.9 Å². The maximum atomic E-state index is 13.1. The summed E-state index contributed by atoms with van der Waals surface area (Å²) in [5.74, 6) is 1.75. The molecule has 5 rings (SSSR count). The van der Waals surface area contributed by atoms with Crippen molar-refractivity contribution in [2.24, 2.45) is 0 Å². The molecule has 1 fully saturated rings. The number of nitrogens with zero attached hydrogens (tertiary/aromatic N) is 3. The number of fused-ring (bicyclic) bond motifs is 1. The maximum absolute atomic E-state index is 13.1. The quantitative estimate of drug-likeness (QED) is 0.562. The van der Waals surface area contributed by atoms with Crippen LogP contribution in [0.1, 0.15) is 33.7 Å². The highest BCUT2D eigenvalue weighted by atomic mass is 16.7. The minimum atomic E-state index is -0.485. The summed E-state index contributed by atoms with van der Waals surface area (Å²) in [5.41, 5.74) is 0.661. The van der Waals surface area contributed by atoms with E-state index < -0.39 is 5.91 Å². The van der Waals surface area contributed by atoms with Gasteiger partial charge in [-0.3, -0.25) is 14.3 Å². The molecular weight excluding hydrogens is 444 g/mol. The Labute approximate surface area is 195 Å². The average Bonchev–Trinajstić information content (AvgIpc) is 3.62. The summed E-state index contributed by atoms with van der Waals surface area (Å²) < 4.78 is 28.9. The van der Waals surface area contributed by atoms with Gasteiger partial charge >= 0.3 is 0 Å². The van der Waals surface area contributed by atoms with Gasteiger partial charge in [0.1, 0.15) is 23.8 Å². The molecule has 0 unspecified atom stereocenters. The molecule has 4 heterocycles. The summed E-state index contributed by atoms with van der Waals surface area (Å²) in [7, 11) is 0. The number of carbonyl (C=O) groups is 2. The van der Waals surface area contributed by atoms with Crippen LogP contribution in [0.15, 0.2) is 40.9 Å². The molecular formula is C23H24N4O7. The van der Waals surface area contributed by atoms with Gasteiger partial charge in [-0.1, -0.05) is 0 Å². The molecule has 2 aliphatic rings. The predicted molar refractivity (Wildman–Crippen MR) is 118 cm³/mol. The second-order valence-corrected chi connectivity index (χ2v) is 7.65. The van der Waals surface area contributed by atoms with Gasteiger partial charge < -0.3 is 33.6 Å². The molecule has 178 valence electrons. The fourth-order valence-electron chi connectivity index (χ4n) is 3.74. The van der Waals surface area contributed by atoms with Crippen LogP contribution in [0.4, 0.5) is 5.69 Å². The van der Waals surface area contributed by atoms with Gasteiger partial charge in [-0.15, -0.1) is 0 Å². The molecule has 0 radical (unpaired) electrons. The number of amides is 2. The standard InChI is InChI=1S/C23H24N4O7/c1-2-27-21(23(29)26-7-9-30-10-8-26)17(12-24-27)25-22(28)19-6-4-16(34-19)13-31-15-3-5-18-20(11-15)33-14-32-18/h3-6,11-12H,2,7-10,13-14H2,1H3,(H,25,28). The molecule has 1 saturated heterocycles. The predicted octanol–water partition coefficient (Wildman–Crippen LogP) is 2.53. The molecule has 1 aromatic carbocycles. The van der Waals surface area contributed by atoms with E-state index in [1.54, 1.807) is 39.9 Å². The Morgan fingerprint density at radius 1 is 1.12 bits per heavy atom. The fraction of sp³-hybridized carbons (Fsp3) is 0.348. The van der Waals surface area contributed by atoms with Crippen molar-refractivity contribution in [3.63, 3.8) is 0 Å². The molecule has 34 heavy (non-hydrogen) atoms. The number of nitrogens with one attached hydrogen (secondary N) is 1. The molecule has 0 aliphatic carbocycles. The number of aromatic nitrogens is 2. The van der Waals surface area contributed by atoms with E-state index in [0.717, 1.165) is 0 Å². The van der Waals surface area contributed by atoms with Crippen LogP contribution in [0.3, 0.4) is 0 Å². The van der Waals surface area contributed by atoms with Crippen LogP contribution in [0, 0.1) is 0 Å². The lowest BCUT2D eigenvalue weighted by Gasteiger charge is -2.27. The molecule has 0 atom stereocenters. The fourth-order valence-corrected chi connectivity index (χ4v) is 3.74. The molecule has 1 N–H and O–H groups in total. The minimum Gasteiger partial charge on any atom is -0.486 e. The van der Waals surface area contributed by atoms with Crippen LogP contribution >= 0.6 is 0 Å². The molecule has 3 aromatic rings. The topological polar surface area (TPSA) is 117 Å². The number of hydrogen-bond donors (Lipinski definition) is 1. The number of hydrogen-bond acceptors (Lipinski definition) is 8. The van der Waals surface area contributed by atoms with Crippen LogP contribution in [0.2, 0.25) is 0 Å². The Morgan fingerprint density at radius 2 is 1.94 bits per heavy atom. The number of anilines is 1. The van der Waals surface area contributed by atoms with Gasteiger partial charge in [-0.05, 0) is 31.2 Å². The summed E-state index contributed by atoms with van der Waals surface area (Å²) in [6.07, 6.45) is 1.47. The highest BCUT2D eigenvalue weighted by Crippen LogP contribution is 2.35. The zero-order chi connectivity index (χ0) is 23.5. The minimum absolute atomic E-state index is 0.0957. The summed E-state index contributed by atoms with van der Waals surface area (Å²) in [5, 5.41) is 6.99. The third-order valence-electron chi connectivity index (χ3n) is 5.50. The second-order valence-electron chi connectivity index (χ2n) is 7.65. The van der Waals surface area contributed by atoms with Gasteiger partial charge in [-0.25, -0.2) is 0 Å². The van der Waals surface area contributed by atoms with Crippen molar-refractivity contribution in [3.8, 4) is 17.2 Å². The van der Waals surface area contributed by atoms with Crippen molar-refractivity contribution in [2.75, 3.05) is 38.4 Å². The van der Waals surface area contributed by atoms with Crippen molar-refractivity contribution >= 4 is 17.5 Å². The van der Waals surface area contributed by atoms with E-state index in [-0.39, 0.29) is 25.1 Å². The first-order valence-corrected chi connectivity index (χ1v) is 11.0. The lowest BCUT2D eigenvalue weighted by Crippen LogP contribution is -2.41. The maximum Gasteiger partial charge on any atom is 0.291 e. The number of morpholine rings is 1. The van der Waals surface area contributed by atoms with Crippen LogP contribution in [0.5, 0.6) is 17.2 Å². The highest BCUT2D eigenvalue weighted by molar-refractivity contribution is 6.07. The zero-order valence-electron chi connectivity index (χ0n) is 18.6. The van der Waals surface area contributed by atoms with Gasteiger partial charge in [0, 0.05) is 25.7 Å². The molecule has 2 amide bonds. The summed E-state index contributed by atoms with van der Waals surface area (Å²) in [6, 6.07) is 8.49. The highest BCUT2D eigenvalue weighted by Gasteiger charge is 2.26.